The third-order valence-electron chi connectivity index (χ3n) is 4.01. The van der Waals surface area contributed by atoms with Gasteiger partial charge >= 0.3 is 0 Å². The molecular formula is C13H17N5OS. The van der Waals surface area contributed by atoms with Crippen molar-refractivity contribution in [3.05, 3.63) is 18.5 Å². The van der Waals surface area contributed by atoms with E-state index in [-0.39, 0.29) is 0 Å². The first kappa shape index (κ1) is 12.4. The zero-order valence-electron chi connectivity index (χ0n) is 11.4. The highest BCUT2D eigenvalue weighted by Gasteiger charge is 2.49. The van der Waals surface area contributed by atoms with Crippen molar-refractivity contribution in [3.63, 3.8) is 0 Å². The maximum atomic E-state index is 5.75. The maximum Gasteiger partial charge on any atom is 0.177 e. The molecule has 2 aromatic heterocycles. The maximum absolute atomic E-state index is 5.75. The van der Waals surface area contributed by atoms with E-state index in [0.29, 0.717) is 10.9 Å². The van der Waals surface area contributed by atoms with Crippen LogP contribution >= 0.6 is 11.8 Å². The van der Waals surface area contributed by atoms with Crippen LogP contribution in [0.2, 0.25) is 0 Å². The molecule has 0 saturated carbocycles. The van der Waals surface area contributed by atoms with Gasteiger partial charge in [-0.2, -0.15) is 4.52 Å². The Morgan fingerprint density at radius 3 is 3.20 bits per heavy atom. The third kappa shape index (κ3) is 1.96. The van der Waals surface area contributed by atoms with E-state index >= 15 is 0 Å². The molecule has 0 bridgehead atoms. The summed E-state index contributed by atoms with van der Waals surface area (Å²) < 4.78 is 7.85. The summed E-state index contributed by atoms with van der Waals surface area (Å²) in [6, 6.07) is 3.99. The Labute approximate surface area is 121 Å². The quantitative estimate of drug-likeness (QED) is 0.847. The average Bonchev–Trinajstić information content (AvgIpc) is 3.02. The highest BCUT2D eigenvalue weighted by molar-refractivity contribution is 8.01. The summed E-state index contributed by atoms with van der Waals surface area (Å²) in [5, 5.41) is 12.4. The molecule has 0 aliphatic carbocycles. The van der Waals surface area contributed by atoms with Crippen LogP contribution in [-0.2, 0) is 4.74 Å². The molecule has 6 nitrogen and oxygen atoms in total. The van der Waals surface area contributed by atoms with Crippen molar-refractivity contribution in [3.8, 4) is 0 Å². The Morgan fingerprint density at radius 1 is 1.45 bits per heavy atom. The molecule has 2 aliphatic rings. The molecule has 4 heterocycles. The largest absolute Gasteiger partial charge is 0.378 e. The average molecular weight is 291 g/mol. The summed E-state index contributed by atoms with van der Waals surface area (Å²) in [5.74, 6) is 2.13. The summed E-state index contributed by atoms with van der Waals surface area (Å²) in [6.07, 6.45) is 3.24. The van der Waals surface area contributed by atoms with Gasteiger partial charge in [-0.25, -0.2) is 0 Å². The van der Waals surface area contributed by atoms with E-state index in [4.69, 9.17) is 4.74 Å². The van der Waals surface area contributed by atoms with E-state index in [1.165, 1.54) is 0 Å². The molecule has 1 spiro atoms. The molecule has 106 valence electrons. The monoisotopic (exact) mass is 291 g/mol. The second-order valence-corrected chi connectivity index (χ2v) is 6.94. The molecule has 0 amide bonds. The van der Waals surface area contributed by atoms with Gasteiger partial charge < -0.3 is 9.64 Å². The van der Waals surface area contributed by atoms with Crippen LogP contribution in [0.4, 0.5) is 5.82 Å². The topological polar surface area (TPSA) is 55.5 Å². The van der Waals surface area contributed by atoms with Crippen LogP contribution < -0.4 is 4.90 Å². The van der Waals surface area contributed by atoms with E-state index in [1.54, 1.807) is 10.8 Å². The predicted molar refractivity (Wildman–Crippen MR) is 78.2 cm³/mol. The van der Waals surface area contributed by atoms with Gasteiger partial charge in [-0.1, -0.05) is 0 Å². The lowest BCUT2D eigenvalue weighted by molar-refractivity contribution is 0.0699. The number of thioether (sulfide) groups is 1. The van der Waals surface area contributed by atoms with E-state index in [9.17, 15) is 0 Å². The minimum atomic E-state index is 0.379. The van der Waals surface area contributed by atoms with Crippen LogP contribution in [0.3, 0.4) is 0 Å². The SMILES string of the molecule is CCO[C@H]1CSC2(C1)CN(c1ccc3nncn3n1)C2. The summed E-state index contributed by atoms with van der Waals surface area (Å²) in [6.45, 7) is 5.00. The molecule has 20 heavy (non-hydrogen) atoms. The molecule has 0 aromatic carbocycles. The molecule has 2 aliphatic heterocycles. The third-order valence-corrected chi connectivity index (χ3v) is 5.58. The molecule has 7 heteroatoms. The number of hydrogen-bond donors (Lipinski definition) is 0. The summed E-state index contributed by atoms with van der Waals surface area (Å²) >= 11 is 2.06. The number of rotatable bonds is 3. The molecule has 2 aromatic rings. The molecule has 4 rings (SSSR count). The van der Waals surface area contributed by atoms with Crippen LogP contribution in [0.5, 0.6) is 0 Å². The van der Waals surface area contributed by atoms with Gasteiger partial charge in [0.2, 0.25) is 0 Å². The fraction of sp³-hybridized carbons (Fsp3) is 0.615. The summed E-state index contributed by atoms with van der Waals surface area (Å²) in [5.41, 5.74) is 0.788. The normalized spacial score (nSPS) is 24.4. The van der Waals surface area contributed by atoms with Crippen molar-refractivity contribution < 1.29 is 4.74 Å². The first-order valence-electron chi connectivity index (χ1n) is 6.96. The van der Waals surface area contributed by atoms with Gasteiger partial charge in [0.1, 0.15) is 12.1 Å². The lowest BCUT2D eigenvalue weighted by atomic mass is 9.93. The second kappa shape index (κ2) is 4.60. The fourth-order valence-electron chi connectivity index (χ4n) is 3.06. The van der Waals surface area contributed by atoms with Crippen LogP contribution in [0, 0.1) is 0 Å². The second-order valence-electron chi connectivity index (χ2n) is 5.46. The van der Waals surface area contributed by atoms with Crippen LogP contribution in [0.25, 0.3) is 5.65 Å². The van der Waals surface area contributed by atoms with Gasteiger partial charge in [0, 0.05) is 25.4 Å². The van der Waals surface area contributed by atoms with Crippen molar-refractivity contribution in [2.45, 2.75) is 24.2 Å². The van der Waals surface area contributed by atoms with Gasteiger partial charge in [0.05, 0.1) is 10.9 Å². The number of ether oxygens (including phenoxy) is 1. The Hall–Kier alpha value is -1.34. The minimum Gasteiger partial charge on any atom is -0.378 e. The van der Waals surface area contributed by atoms with Gasteiger partial charge in [-0.05, 0) is 25.5 Å². The lowest BCUT2D eigenvalue weighted by Crippen LogP contribution is -2.59. The van der Waals surface area contributed by atoms with Crippen molar-refractivity contribution in [1.29, 1.82) is 0 Å². The molecule has 0 unspecified atom stereocenters. The highest BCUT2D eigenvalue weighted by atomic mass is 32.2. The standard InChI is InChI=1S/C13H17N5OS/c1-2-19-10-5-13(20-6-10)7-17(8-13)12-4-3-11-15-14-9-18(11)16-12/h3-4,9-10H,2,5-8H2,1H3/t10-/m1/s1. The van der Waals surface area contributed by atoms with Gasteiger partial charge in [-0.15, -0.1) is 27.1 Å². The Bertz CT molecular complexity index is 624. The van der Waals surface area contributed by atoms with Gasteiger partial charge in [0.25, 0.3) is 0 Å². The highest BCUT2D eigenvalue weighted by Crippen LogP contribution is 2.46. The molecule has 1 atom stereocenters. The fourth-order valence-corrected chi connectivity index (χ4v) is 4.62. The molecule has 2 saturated heterocycles. The summed E-state index contributed by atoms with van der Waals surface area (Å²) in [7, 11) is 0. The first-order chi connectivity index (χ1) is 9.78. The smallest absolute Gasteiger partial charge is 0.177 e. The molecular weight excluding hydrogens is 274 g/mol. The zero-order valence-corrected chi connectivity index (χ0v) is 12.2. The Kier molecular flexibility index (Phi) is 2.85. The molecule has 2 fully saturated rings. The number of hydrogen-bond acceptors (Lipinski definition) is 6. The van der Waals surface area contributed by atoms with Crippen molar-refractivity contribution in [1.82, 2.24) is 19.8 Å². The number of fused-ring (bicyclic) bond motifs is 1. The van der Waals surface area contributed by atoms with Crippen molar-refractivity contribution >= 4 is 23.2 Å². The van der Waals surface area contributed by atoms with E-state index < -0.39 is 0 Å². The van der Waals surface area contributed by atoms with Crippen LogP contribution in [-0.4, -0.2) is 56.1 Å². The van der Waals surface area contributed by atoms with E-state index in [0.717, 1.165) is 43.3 Å². The number of anilines is 1. The molecule has 0 N–H and O–H groups in total. The van der Waals surface area contributed by atoms with Crippen molar-refractivity contribution in [2.24, 2.45) is 0 Å². The van der Waals surface area contributed by atoms with Crippen LogP contribution in [0.15, 0.2) is 18.5 Å². The Morgan fingerprint density at radius 2 is 2.35 bits per heavy atom. The molecule has 0 radical (unpaired) electrons. The van der Waals surface area contributed by atoms with E-state index in [2.05, 4.69) is 38.9 Å². The number of aromatic nitrogens is 4. The van der Waals surface area contributed by atoms with Crippen LogP contribution in [0.1, 0.15) is 13.3 Å². The van der Waals surface area contributed by atoms with Gasteiger partial charge in [-0.3, -0.25) is 0 Å². The minimum absolute atomic E-state index is 0.379. The zero-order chi connectivity index (χ0) is 13.6. The number of nitrogens with zero attached hydrogens (tertiary/aromatic N) is 5. The first-order valence-corrected chi connectivity index (χ1v) is 7.94. The summed E-state index contributed by atoms with van der Waals surface area (Å²) in [4.78, 5) is 2.32. The van der Waals surface area contributed by atoms with E-state index in [1.807, 2.05) is 12.1 Å². The van der Waals surface area contributed by atoms with Crippen molar-refractivity contribution in [2.75, 3.05) is 30.3 Å². The van der Waals surface area contributed by atoms with Gasteiger partial charge in [0.15, 0.2) is 5.65 Å². The lowest BCUT2D eigenvalue weighted by Gasteiger charge is -2.48. The Balaban J connectivity index is 1.45. The predicted octanol–water partition coefficient (Wildman–Crippen LogP) is 1.23.